The molecule has 1 aromatic carbocycles. The molecule has 4 rings (SSSR count). The number of carbonyl (C=O) groups is 1. The highest BCUT2D eigenvalue weighted by Crippen LogP contribution is 2.35. The predicted octanol–water partition coefficient (Wildman–Crippen LogP) is 3.55. The van der Waals surface area contributed by atoms with Crippen LogP contribution in [-0.4, -0.2) is 27.4 Å². The van der Waals surface area contributed by atoms with Crippen molar-refractivity contribution >= 4 is 27.5 Å². The Hall–Kier alpha value is -2.47. The topological polar surface area (TPSA) is 55.2 Å². The SMILES string of the molecule is Cc1ccc(CN(C)C(=O)Cn2cnc3sc4c(c3c2=O)CC[C@H](C)C4)cc1. The van der Waals surface area contributed by atoms with E-state index >= 15 is 0 Å². The van der Waals surface area contributed by atoms with Gasteiger partial charge in [0.05, 0.1) is 11.7 Å². The van der Waals surface area contributed by atoms with Gasteiger partial charge in [-0.2, -0.15) is 0 Å². The van der Waals surface area contributed by atoms with Gasteiger partial charge in [-0.15, -0.1) is 11.3 Å². The average Bonchev–Trinajstić information content (AvgIpc) is 3.03. The molecule has 2 aromatic heterocycles. The predicted molar refractivity (Wildman–Crippen MR) is 113 cm³/mol. The maximum absolute atomic E-state index is 13.1. The first-order valence-corrected chi connectivity index (χ1v) is 10.5. The van der Waals surface area contributed by atoms with E-state index in [2.05, 4.69) is 11.9 Å². The lowest BCUT2D eigenvalue weighted by Crippen LogP contribution is -2.33. The zero-order chi connectivity index (χ0) is 19.8. The van der Waals surface area contributed by atoms with Crippen molar-refractivity contribution in [2.75, 3.05) is 7.05 Å². The third kappa shape index (κ3) is 3.61. The molecule has 0 radical (unpaired) electrons. The van der Waals surface area contributed by atoms with Crippen molar-refractivity contribution in [2.45, 2.75) is 46.2 Å². The highest BCUT2D eigenvalue weighted by molar-refractivity contribution is 7.18. The Labute approximate surface area is 168 Å². The molecule has 0 saturated heterocycles. The van der Waals surface area contributed by atoms with E-state index in [9.17, 15) is 9.59 Å². The van der Waals surface area contributed by atoms with Gasteiger partial charge in [-0.1, -0.05) is 36.8 Å². The van der Waals surface area contributed by atoms with Crippen molar-refractivity contribution in [3.8, 4) is 0 Å². The summed E-state index contributed by atoms with van der Waals surface area (Å²) in [6.07, 6.45) is 4.58. The molecular formula is C22H25N3O2S. The number of rotatable bonds is 4. The monoisotopic (exact) mass is 395 g/mol. The van der Waals surface area contributed by atoms with Crippen LogP contribution in [0.25, 0.3) is 10.2 Å². The molecule has 6 heteroatoms. The summed E-state index contributed by atoms with van der Waals surface area (Å²) in [5, 5.41) is 0.725. The van der Waals surface area contributed by atoms with Crippen molar-refractivity contribution in [1.82, 2.24) is 14.5 Å². The van der Waals surface area contributed by atoms with Crippen LogP contribution in [0.15, 0.2) is 35.4 Å². The van der Waals surface area contributed by atoms with Crippen LogP contribution < -0.4 is 5.56 Å². The lowest BCUT2D eigenvalue weighted by Gasteiger charge is -2.18. The minimum Gasteiger partial charge on any atom is -0.340 e. The molecule has 1 amide bonds. The van der Waals surface area contributed by atoms with E-state index in [1.807, 2.05) is 31.2 Å². The quantitative estimate of drug-likeness (QED) is 0.679. The third-order valence-electron chi connectivity index (χ3n) is 5.55. The molecular weight excluding hydrogens is 370 g/mol. The minimum absolute atomic E-state index is 0.0190. The van der Waals surface area contributed by atoms with Crippen LogP contribution in [0.1, 0.15) is 34.9 Å². The van der Waals surface area contributed by atoms with Gasteiger partial charge < -0.3 is 4.90 Å². The van der Waals surface area contributed by atoms with Gasteiger partial charge in [0.2, 0.25) is 5.91 Å². The van der Waals surface area contributed by atoms with E-state index in [0.717, 1.165) is 40.6 Å². The highest BCUT2D eigenvalue weighted by Gasteiger charge is 2.23. The number of fused-ring (bicyclic) bond motifs is 3. The van der Waals surface area contributed by atoms with E-state index in [1.165, 1.54) is 21.3 Å². The zero-order valence-corrected chi connectivity index (χ0v) is 17.4. The number of aryl methyl sites for hydroxylation is 2. The molecule has 2 heterocycles. The van der Waals surface area contributed by atoms with E-state index in [4.69, 9.17) is 0 Å². The number of hydrogen-bond donors (Lipinski definition) is 0. The summed E-state index contributed by atoms with van der Waals surface area (Å²) in [6.45, 7) is 4.83. The molecule has 28 heavy (non-hydrogen) atoms. The van der Waals surface area contributed by atoms with Crippen molar-refractivity contribution in [3.63, 3.8) is 0 Å². The molecule has 1 aliphatic carbocycles. The fourth-order valence-corrected chi connectivity index (χ4v) is 5.14. The molecule has 5 nitrogen and oxygen atoms in total. The van der Waals surface area contributed by atoms with Crippen LogP contribution >= 0.6 is 11.3 Å². The first-order valence-electron chi connectivity index (χ1n) is 9.71. The first-order chi connectivity index (χ1) is 13.4. The number of amides is 1. The molecule has 0 fully saturated rings. The summed E-state index contributed by atoms with van der Waals surface area (Å²) in [7, 11) is 1.77. The lowest BCUT2D eigenvalue weighted by atomic mass is 9.89. The Bertz CT molecular complexity index is 1080. The molecule has 0 saturated carbocycles. The van der Waals surface area contributed by atoms with E-state index in [1.54, 1.807) is 23.3 Å². The van der Waals surface area contributed by atoms with E-state index in [-0.39, 0.29) is 18.0 Å². The number of carbonyl (C=O) groups excluding carboxylic acids is 1. The molecule has 1 aliphatic rings. The smallest absolute Gasteiger partial charge is 0.262 e. The largest absolute Gasteiger partial charge is 0.340 e. The molecule has 0 unspecified atom stereocenters. The number of likely N-dealkylation sites (N-methyl/N-ethyl adjacent to an activating group) is 1. The molecule has 0 spiro atoms. The first kappa shape index (κ1) is 18.9. The van der Waals surface area contributed by atoms with Crippen LogP contribution in [0.4, 0.5) is 0 Å². The standard InChI is InChI=1S/C22H25N3O2S/c1-14-4-7-16(8-5-14)11-24(3)19(26)12-25-13-23-21-20(22(25)27)17-9-6-15(2)10-18(17)28-21/h4-5,7-8,13,15H,6,9-12H2,1-3H3/t15-/m0/s1. The highest BCUT2D eigenvalue weighted by atomic mass is 32.1. The van der Waals surface area contributed by atoms with Crippen LogP contribution in [0.2, 0.25) is 0 Å². The average molecular weight is 396 g/mol. The van der Waals surface area contributed by atoms with E-state index < -0.39 is 0 Å². The van der Waals surface area contributed by atoms with Gasteiger partial charge >= 0.3 is 0 Å². The molecule has 0 bridgehead atoms. The van der Waals surface area contributed by atoms with Gasteiger partial charge in [-0.05, 0) is 43.2 Å². The Morgan fingerprint density at radius 2 is 2.07 bits per heavy atom. The van der Waals surface area contributed by atoms with Gasteiger partial charge in [0.25, 0.3) is 5.56 Å². The normalized spacial score (nSPS) is 16.2. The van der Waals surface area contributed by atoms with Gasteiger partial charge in [-0.25, -0.2) is 4.98 Å². The van der Waals surface area contributed by atoms with Crippen molar-refractivity contribution in [1.29, 1.82) is 0 Å². The van der Waals surface area contributed by atoms with Gasteiger partial charge in [0.15, 0.2) is 0 Å². The third-order valence-corrected chi connectivity index (χ3v) is 6.72. The molecule has 3 aromatic rings. The van der Waals surface area contributed by atoms with Crippen molar-refractivity contribution in [3.05, 3.63) is 62.5 Å². The zero-order valence-electron chi connectivity index (χ0n) is 16.6. The van der Waals surface area contributed by atoms with Crippen molar-refractivity contribution in [2.24, 2.45) is 5.92 Å². The fraction of sp³-hybridized carbons (Fsp3) is 0.409. The Morgan fingerprint density at radius 3 is 2.82 bits per heavy atom. The Kier molecular flexibility index (Phi) is 5.06. The van der Waals surface area contributed by atoms with Gasteiger partial charge in [-0.3, -0.25) is 14.2 Å². The summed E-state index contributed by atoms with van der Waals surface area (Å²) >= 11 is 1.63. The van der Waals surface area contributed by atoms with Gasteiger partial charge in [0, 0.05) is 18.5 Å². The minimum atomic E-state index is -0.0958. The summed E-state index contributed by atoms with van der Waals surface area (Å²) in [5.74, 6) is 0.557. The summed E-state index contributed by atoms with van der Waals surface area (Å²) < 4.78 is 1.46. The molecule has 146 valence electrons. The molecule has 0 aliphatic heterocycles. The van der Waals surface area contributed by atoms with Crippen LogP contribution in [0.5, 0.6) is 0 Å². The van der Waals surface area contributed by atoms with Crippen LogP contribution in [0.3, 0.4) is 0 Å². The second-order valence-corrected chi connectivity index (χ2v) is 9.03. The maximum Gasteiger partial charge on any atom is 0.262 e. The Morgan fingerprint density at radius 1 is 1.32 bits per heavy atom. The number of aromatic nitrogens is 2. The number of thiophene rings is 1. The molecule has 1 atom stereocenters. The second-order valence-electron chi connectivity index (χ2n) is 7.94. The number of nitrogens with zero attached hydrogens (tertiary/aromatic N) is 3. The van der Waals surface area contributed by atoms with Crippen molar-refractivity contribution < 1.29 is 4.79 Å². The fourth-order valence-electron chi connectivity index (χ4n) is 3.80. The second kappa shape index (κ2) is 7.51. The number of hydrogen-bond acceptors (Lipinski definition) is 4. The summed E-state index contributed by atoms with van der Waals surface area (Å²) in [6, 6.07) is 8.13. The lowest BCUT2D eigenvalue weighted by molar-refractivity contribution is -0.131. The Balaban J connectivity index is 1.55. The maximum atomic E-state index is 13.1. The van der Waals surface area contributed by atoms with Crippen LogP contribution in [-0.2, 0) is 30.7 Å². The van der Waals surface area contributed by atoms with Gasteiger partial charge in [0.1, 0.15) is 11.4 Å². The van der Waals surface area contributed by atoms with E-state index in [0.29, 0.717) is 12.5 Å². The molecule has 0 N–H and O–H groups in total. The number of benzene rings is 1. The van der Waals surface area contributed by atoms with Crippen LogP contribution in [0, 0.1) is 12.8 Å². The summed E-state index contributed by atoms with van der Waals surface area (Å²) in [5.41, 5.74) is 3.33. The summed E-state index contributed by atoms with van der Waals surface area (Å²) in [4.78, 5) is 34.0.